The normalized spacial score (nSPS) is 25.6. The van der Waals surface area contributed by atoms with E-state index in [9.17, 15) is 4.57 Å². The highest BCUT2D eigenvalue weighted by molar-refractivity contribution is 7.58. The van der Waals surface area contributed by atoms with Crippen LogP contribution < -0.4 is 0 Å². The van der Waals surface area contributed by atoms with Gasteiger partial charge in [-0.25, -0.2) is 0 Å². The van der Waals surface area contributed by atoms with Gasteiger partial charge in [0.05, 0.1) is 25.1 Å². The molecule has 0 amide bonds. The molecule has 16 heavy (non-hydrogen) atoms. The highest BCUT2D eigenvalue weighted by Gasteiger charge is 2.37. The molecule has 0 aromatic carbocycles. The molecule has 1 rings (SSSR count). The first-order valence-electron chi connectivity index (χ1n) is 5.38. The Morgan fingerprint density at radius 1 is 1.56 bits per heavy atom. The lowest BCUT2D eigenvalue weighted by molar-refractivity contribution is 0.0794. The maximum Gasteiger partial charge on any atom is 0.359 e. The number of hydrogen-bond donors (Lipinski definition) is 0. The molecular formula is C11H19O4P. The minimum absolute atomic E-state index is 0.264. The average Bonchev–Trinajstić information content (AvgIpc) is 2.63. The first kappa shape index (κ1) is 13.7. The third kappa shape index (κ3) is 2.83. The summed E-state index contributed by atoms with van der Waals surface area (Å²) in [5, 5.41) is 0.582. The van der Waals surface area contributed by atoms with E-state index in [1.807, 2.05) is 6.92 Å². The summed E-state index contributed by atoms with van der Waals surface area (Å²) in [5.74, 6) is 0. The minimum atomic E-state index is -3.17. The van der Waals surface area contributed by atoms with Crippen LogP contribution >= 0.6 is 7.60 Å². The smallest absolute Gasteiger partial charge is 0.359 e. The summed E-state index contributed by atoms with van der Waals surface area (Å²) in [6.45, 7) is 10.1. The zero-order valence-corrected chi connectivity index (χ0v) is 11.0. The van der Waals surface area contributed by atoms with Crippen molar-refractivity contribution in [3.8, 4) is 0 Å². The van der Waals surface area contributed by atoms with E-state index in [4.69, 9.17) is 13.8 Å². The molecule has 4 nitrogen and oxygen atoms in total. The van der Waals surface area contributed by atoms with Crippen LogP contribution in [0.25, 0.3) is 0 Å². The van der Waals surface area contributed by atoms with Crippen molar-refractivity contribution in [1.82, 2.24) is 0 Å². The van der Waals surface area contributed by atoms with Gasteiger partial charge in [0, 0.05) is 0 Å². The molecule has 0 fully saturated rings. The van der Waals surface area contributed by atoms with Crippen molar-refractivity contribution in [2.45, 2.75) is 26.4 Å². The van der Waals surface area contributed by atoms with E-state index in [-0.39, 0.29) is 6.61 Å². The van der Waals surface area contributed by atoms with E-state index in [1.54, 1.807) is 26.0 Å². The second-order valence-corrected chi connectivity index (χ2v) is 5.73. The standard InChI is InChI=1S/C11H19O4P/c1-5-11(4)8-10(9-13-11)16(12,14-6-2)15-7-3/h5,8H,1,6-7,9H2,2-4H3. The van der Waals surface area contributed by atoms with Crippen molar-refractivity contribution in [1.29, 1.82) is 0 Å². The van der Waals surface area contributed by atoms with Gasteiger partial charge >= 0.3 is 7.60 Å². The predicted molar refractivity (Wildman–Crippen MR) is 63.5 cm³/mol. The molecule has 1 aliphatic rings. The molecule has 0 N–H and O–H groups in total. The van der Waals surface area contributed by atoms with Gasteiger partial charge in [-0.2, -0.15) is 0 Å². The topological polar surface area (TPSA) is 44.8 Å². The molecule has 1 atom stereocenters. The van der Waals surface area contributed by atoms with Crippen LogP contribution in [0.1, 0.15) is 20.8 Å². The van der Waals surface area contributed by atoms with Gasteiger partial charge in [0.15, 0.2) is 0 Å². The lowest BCUT2D eigenvalue weighted by atomic mass is 10.1. The van der Waals surface area contributed by atoms with E-state index < -0.39 is 13.2 Å². The molecule has 0 spiro atoms. The lowest BCUT2D eigenvalue weighted by Gasteiger charge is -2.16. The van der Waals surface area contributed by atoms with Crippen molar-refractivity contribution in [2.24, 2.45) is 0 Å². The molecule has 0 bridgehead atoms. The number of hydrogen-bond acceptors (Lipinski definition) is 4. The zero-order chi connectivity index (χ0) is 12.2. The Kier molecular flexibility index (Phi) is 4.51. The molecule has 0 aromatic heterocycles. The fourth-order valence-electron chi connectivity index (χ4n) is 1.46. The van der Waals surface area contributed by atoms with Crippen LogP contribution in [0.15, 0.2) is 24.0 Å². The van der Waals surface area contributed by atoms with Crippen LogP contribution in [-0.4, -0.2) is 25.4 Å². The van der Waals surface area contributed by atoms with Crippen LogP contribution in [0.3, 0.4) is 0 Å². The summed E-state index contributed by atoms with van der Waals surface area (Å²) < 4.78 is 28.4. The molecule has 0 radical (unpaired) electrons. The van der Waals surface area contributed by atoms with Gasteiger partial charge < -0.3 is 13.8 Å². The van der Waals surface area contributed by atoms with Crippen molar-refractivity contribution < 1.29 is 18.3 Å². The van der Waals surface area contributed by atoms with E-state index in [1.165, 1.54) is 0 Å². The van der Waals surface area contributed by atoms with Crippen molar-refractivity contribution >= 4 is 7.60 Å². The van der Waals surface area contributed by atoms with Gasteiger partial charge in [0.25, 0.3) is 0 Å². The summed E-state index contributed by atoms with van der Waals surface area (Å²) in [5.41, 5.74) is -0.570. The molecular weight excluding hydrogens is 227 g/mol. The highest BCUT2D eigenvalue weighted by Crippen LogP contribution is 2.58. The zero-order valence-electron chi connectivity index (χ0n) is 10.1. The van der Waals surface area contributed by atoms with Gasteiger partial charge in [0.2, 0.25) is 0 Å². The molecule has 0 saturated carbocycles. The summed E-state index contributed by atoms with van der Waals surface area (Å²) in [6.07, 6.45) is 3.44. The quantitative estimate of drug-likeness (QED) is 0.533. The van der Waals surface area contributed by atoms with E-state index in [0.717, 1.165) is 0 Å². The number of ether oxygens (including phenoxy) is 1. The molecule has 1 heterocycles. The molecule has 5 heteroatoms. The summed E-state index contributed by atoms with van der Waals surface area (Å²) in [4.78, 5) is 0. The number of rotatable bonds is 6. The molecule has 1 aliphatic heterocycles. The van der Waals surface area contributed by atoms with Gasteiger partial charge in [-0.1, -0.05) is 12.7 Å². The molecule has 1 unspecified atom stereocenters. The molecule has 0 saturated heterocycles. The van der Waals surface area contributed by atoms with Gasteiger partial charge in [-0.15, -0.1) is 0 Å². The summed E-state index contributed by atoms with van der Waals surface area (Å²) in [6, 6.07) is 0. The Balaban J connectivity index is 2.93. The van der Waals surface area contributed by atoms with Gasteiger partial charge in [-0.05, 0) is 26.8 Å². The third-order valence-corrected chi connectivity index (χ3v) is 4.50. The lowest BCUT2D eigenvalue weighted by Crippen LogP contribution is -2.17. The second-order valence-electron chi connectivity index (χ2n) is 3.65. The van der Waals surface area contributed by atoms with Crippen LogP contribution in [0.4, 0.5) is 0 Å². The Morgan fingerprint density at radius 3 is 2.50 bits per heavy atom. The van der Waals surface area contributed by atoms with Gasteiger partial charge in [-0.3, -0.25) is 4.57 Å². The predicted octanol–water partition coefficient (Wildman–Crippen LogP) is 3.11. The highest BCUT2D eigenvalue weighted by atomic mass is 31.2. The maximum absolute atomic E-state index is 12.4. The van der Waals surface area contributed by atoms with Crippen molar-refractivity contribution in [2.75, 3.05) is 19.8 Å². The third-order valence-electron chi connectivity index (χ3n) is 2.34. The Morgan fingerprint density at radius 2 is 2.12 bits per heavy atom. The fraction of sp³-hybridized carbons (Fsp3) is 0.636. The molecule has 0 aliphatic carbocycles. The van der Waals surface area contributed by atoms with E-state index in [2.05, 4.69) is 6.58 Å². The van der Waals surface area contributed by atoms with Crippen LogP contribution in [-0.2, 0) is 18.3 Å². The fourth-order valence-corrected chi connectivity index (χ4v) is 3.19. The average molecular weight is 246 g/mol. The molecule has 92 valence electrons. The first-order valence-corrected chi connectivity index (χ1v) is 6.93. The van der Waals surface area contributed by atoms with E-state index >= 15 is 0 Å². The first-order chi connectivity index (χ1) is 7.49. The van der Waals surface area contributed by atoms with Gasteiger partial charge in [0.1, 0.15) is 5.60 Å². The Labute approximate surface area is 96.8 Å². The van der Waals surface area contributed by atoms with Crippen LogP contribution in [0.5, 0.6) is 0 Å². The van der Waals surface area contributed by atoms with Crippen molar-refractivity contribution in [3.63, 3.8) is 0 Å². The molecule has 0 aromatic rings. The summed E-state index contributed by atoms with van der Waals surface area (Å²) in [7, 11) is -3.17. The maximum atomic E-state index is 12.4. The summed E-state index contributed by atoms with van der Waals surface area (Å²) >= 11 is 0. The van der Waals surface area contributed by atoms with E-state index in [0.29, 0.717) is 18.5 Å². The Bertz CT molecular complexity index is 327. The largest absolute Gasteiger partial charge is 0.362 e. The minimum Gasteiger partial charge on any atom is -0.362 e. The monoisotopic (exact) mass is 246 g/mol. The van der Waals surface area contributed by atoms with Crippen LogP contribution in [0, 0.1) is 0 Å². The Hall–Kier alpha value is -0.410. The van der Waals surface area contributed by atoms with Crippen LogP contribution in [0.2, 0.25) is 0 Å². The SMILES string of the molecule is C=CC1(C)C=C(P(=O)(OCC)OCC)CO1. The van der Waals surface area contributed by atoms with Crippen molar-refractivity contribution in [3.05, 3.63) is 24.0 Å². The second kappa shape index (κ2) is 5.28.